The van der Waals surface area contributed by atoms with Gasteiger partial charge in [0.1, 0.15) is 0 Å². The SMILES string of the molecule is CCc1ccc(CN(CC(=O)OC(C)C)C2CC2)cc1. The Morgan fingerprint density at radius 3 is 2.35 bits per heavy atom. The molecule has 0 spiro atoms. The first-order valence-electron chi connectivity index (χ1n) is 7.59. The van der Waals surface area contributed by atoms with E-state index < -0.39 is 0 Å². The maximum absolute atomic E-state index is 11.8. The third kappa shape index (κ3) is 4.64. The number of carbonyl (C=O) groups is 1. The fraction of sp³-hybridized carbons (Fsp3) is 0.588. The molecule has 0 heterocycles. The van der Waals surface area contributed by atoms with Crippen LogP contribution in [-0.2, 0) is 22.5 Å². The highest BCUT2D eigenvalue weighted by atomic mass is 16.5. The van der Waals surface area contributed by atoms with Crippen molar-refractivity contribution in [1.29, 1.82) is 0 Å². The molecular formula is C17H25NO2. The first kappa shape index (κ1) is 15.0. The molecule has 1 aromatic rings. The van der Waals surface area contributed by atoms with Crippen LogP contribution < -0.4 is 0 Å². The van der Waals surface area contributed by atoms with E-state index >= 15 is 0 Å². The van der Waals surface area contributed by atoms with Crippen molar-refractivity contribution in [3.05, 3.63) is 35.4 Å². The lowest BCUT2D eigenvalue weighted by molar-refractivity contribution is -0.149. The summed E-state index contributed by atoms with van der Waals surface area (Å²) in [5.41, 5.74) is 2.62. The van der Waals surface area contributed by atoms with Gasteiger partial charge in [-0.25, -0.2) is 0 Å². The van der Waals surface area contributed by atoms with Gasteiger partial charge in [-0.1, -0.05) is 31.2 Å². The molecule has 0 aromatic heterocycles. The third-order valence-corrected chi connectivity index (χ3v) is 3.58. The second kappa shape index (κ2) is 6.89. The van der Waals surface area contributed by atoms with E-state index in [2.05, 4.69) is 36.1 Å². The second-order valence-corrected chi connectivity index (χ2v) is 5.84. The van der Waals surface area contributed by atoms with Crippen molar-refractivity contribution in [3.8, 4) is 0 Å². The van der Waals surface area contributed by atoms with Crippen LogP contribution in [0.2, 0.25) is 0 Å². The van der Waals surface area contributed by atoms with Crippen molar-refractivity contribution in [3.63, 3.8) is 0 Å². The summed E-state index contributed by atoms with van der Waals surface area (Å²) in [4.78, 5) is 14.1. The minimum absolute atomic E-state index is 0.0348. The van der Waals surface area contributed by atoms with Gasteiger partial charge in [0.15, 0.2) is 0 Å². The van der Waals surface area contributed by atoms with Crippen molar-refractivity contribution in [1.82, 2.24) is 4.90 Å². The minimum Gasteiger partial charge on any atom is -0.462 e. The van der Waals surface area contributed by atoms with E-state index in [1.54, 1.807) is 0 Å². The van der Waals surface area contributed by atoms with Gasteiger partial charge < -0.3 is 4.74 Å². The monoisotopic (exact) mass is 275 g/mol. The lowest BCUT2D eigenvalue weighted by Gasteiger charge is -2.21. The van der Waals surface area contributed by atoms with Gasteiger partial charge in [-0.3, -0.25) is 9.69 Å². The highest BCUT2D eigenvalue weighted by Gasteiger charge is 2.30. The molecule has 1 aliphatic carbocycles. The summed E-state index contributed by atoms with van der Waals surface area (Å²) in [6, 6.07) is 9.24. The number of hydrogen-bond acceptors (Lipinski definition) is 3. The first-order valence-corrected chi connectivity index (χ1v) is 7.59. The Hall–Kier alpha value is -1.35. The molecule has 2 rings (SSSR count). The Labute approximate surface area is 121 Å². The van der Waals surface area contributed by atoms with Crippen LogP contribution in [0.25, 0.3) is 0 Å². The first-order chi connectivity index (χ1) is 9.58. The Morgan fingerprint density at radius 1 is 1.25 bits per heavy atom. The van der Waals surface area contributed by atoms with Gasteiger partial charge in [-0.2, -0.15) is 0 Å². The van der Waals surface area contributed by atoms with Gasteiger partial charge in [-0.15, -0.1) is 0 Å². The zero-order valence-corrected chi connectivity index (χ0v) is 12.8. The van der Waals surface area contributed by atoms with E-state index in [9.17, 15) is 4.79 Å². The average molecular weight is 275 g/mol. The largest absolute Gasteiger partial charge is 0.462 e. The molecule has 0 radical (unpaired) electrons. The van der Waals surface area contributed by atoms with Crippen LogP contribution in [0, 0.1) is 0 Å². The van der Waals surface area contributed by atoms with Gasteiger partial charge in [0.25, 0.3) is 0 Å². The lowest BCUT2D eigenvalue weighted by atomic mass is 10.1. The number of aryl methyl sites for hydroxylation is 1. The Kier molecular flexibility index (Phi) is 5.18. The summed E-state index contributed by atoms with van der Waals surface area (Å²) >= 11 is 0. The van der Waals surface area contributed by atoms with Crippen LogP contribution in [0.4, 0.5) is 0 Å². The molecule has 20 heavy (non-hydrogen) atoms. The molecule has 0 N–H and O–H groups in total. The zero-order chi connectivity index (χ0) is 14.5. The summed E-state index contributed by atoms with van der Waals surface area (Å²) in [6.45, 7) is 7.18. The van der Waals surface area contributed by atoms with Crippen LogP contribution in [0.5, 0.6) is 0 Å². The summed E-state index contributed by atoms with van der Waals surface area (Å²) in [5, 5.41) is 0. The summed E-state index contributed by atoms with van der Waals surface area (Å²) < 4.78 is 5.25. The van der Waals surface area contributed by atoms with Crippen LogP contribution >= 0.6 is 0 Å². The smallest absolute Gasteiger partial charge is 0.320 e. The molecule has 0 amide bonds. The molecule has 0 aliphatic heterocycles. The lowest BCUT2D eigenvalue weighted by Crippen LogP contribution is -2.33. The fourth-order valence-corrected chi connectivity index (χ4v) is 2.33. The van der Waals surface area contributed by atoms with E-state index in [1.807, 2.05) is 13.8 Å². The molecule has 1 aromatic carbocycles. The zero-order valence-electron chi connectivity index (χ0n) is 12.8. The molecular weight excluding hydrogens is 250 g/mol. The van der Waals surface area contributed by atoms with Gasteiger partial charge >= 0.3 is 5.97 Å². The number of rotatable bonds is 7. The van der Waals surface area contributed by atoms with E-state index in [0.717, 1.165) is 13.0 Å². The van der Waals surface area contributed by atoms with Gasteiger partial charge in [-0.05, 0) is 44.2 Å². The fourth-order valence-electron chi connectivity index (χ4n) is 2.33. The summed E-state index contributed by atoms with van der Waals surface area (Å²) in [6.07, 6.45) is 3.42. The molecule has 1 fully saturated rings. The molecule has 110 valence electrons. The molecule has 1 aliphatic rings. The van der Waals surface area contributed by atoms with Crippen molar-refractivity contribution < 1.29 is 9.53 Å². The molecule has 0 atom stereocenters. The van der Waals surface area contributed by atoms with E-state index in [4.69, 9.17) is 4.74 Å². The van der Waals surface area contributed by atoms with E-state index in [0.29, 0.717) is 12.6 Å². The topological polar surface area (TPSA) is 29.5 Å². The predicted molar refractivity (Wildman–Crippen MR) is 80.5 cm³/mol. The molecule has 0 bridgehead atoms. The van der Waals surface area contributed by atoms with Crippen LogP contribution in [0.3, 0.4) is 0 Å². The maximum Gasteiger partial charge on any atom is 0.320 e. The Balaban J connectivity index is 1.93. The molecule has 3 heteroatoms. The number of esters is 1. The normalized spacial score (nSPS) is 14.8. The van der Waals surface area contributed by atoms with Crippen molar-refractivity contribution in [2.45, 2.75) is 58.7 Å². The number of carbonyl (C=O) groups excluding carboxylic acids is 1. The minimum atomic E-state index is -0.114. The van der Waals surface area contributed by atoms with E-state index in [-0.39, 0.29) is 12.1 Å². The molecule has 0 saturated heterocycles. The quantitative estimate of drug-likeness (QED) is 0.716. The van der Waals surface area contributed by atoms with Crippen LogP contribution in [0.1, 0.15) is 44.7 Å². The highest BCUT2D eigenvalue weighted by Crippen LogP contribution is 2.28. The number of hydrogen-bond donors (Lipinski definition) is 0. The van der Waals surface area contributed by atoms with Crippen molar-refractivity contribution in [2.24, 2.45) is 0 Å². The molecule has 3 nitrogen and oxygen atoms in total. The summed E-state index contributed by atoms with van der Waals surface area (Å²) in [5.74, 6) is -0.114. The molecule has 1 saturated carbocycles. The molecule has 0 unspecified atom stereocenters. The number of ether oxygens (including phenoxy) is 1. The van der Waals surface area contributed by atoms with Crippen molar-refractivity contribution in [2.75, 3.05) is 6.54 Å². The summed E-state index contributed by atoms with van der Waals surface area (Å²) in [7, 11) is 0. The maximum atomic E-state index is 11.8. The van der Waals surface area contributed by atoms with Gasteiger partial charge in [0.2, 0.25) is 0 Å². The Bertz CT molecular complexity index is 435. The average Bonchev–Trinajstić information content (AvgIpc) is 3.22. The standard InChI is InChI=1S/C17H25NO2/c1-4-14-5-7-15(8-6-14)11-18(16-9-10-16)12-17(19)20-13(2)3/h5-8,13,16H,4,9-12H2,1-3H3. The third-order valence-electron chi connectivity index (χ3n) is 3.58. The van der Waals surface area contributed by atoms with Crippen molar-refractivity contribution >= 4 is 5.97 Å². The Morgan fingerprint density at radius 2 is 1.85 bits per heavy atom. The van der Waals surface area contributed by atoms with Gasteiger partial charge in [0, 0.05) is 12.6 Å². The van der Waals surface area contributed by atoms with Gasteiger partial charge in [0.05, 0.1) is 12.6 Å². The second-order valence-electron chi connectivity index (χ2n) is 5.84. The highest BCUT2D eigenvalue weighted by molar-refractivity contribution is 5.71. The predicted octanol–water partition coefficient (Wildman–Crippen LogP) is 3.17. The van der Waals surface area contributed by atoms with Crippen LogP contribution in [0.15, 0.2) is 24.3 Å². The number of benzene rings is 1. The van der Waals surface area contributed by atoms with E-state index in [1.165, 1.54) is 24.0 Å². The van der Waals surface area contributed by atoms with Crippen LogP contribution in [-0.4, -0.2) is 29.6 Å². The number of nitrogens with zero attached hydrogens (tertiary/aromatic N) is 1.